The van der Waals surface area contributed by atoms with Crippen molar-refractivity contribution in [2.75, 3.05) is 18.5 Å². The van der Waals surface area contributed by atoms with Crippen LogP contribution in [-0.4, -0.2) is 25.0 Å². The number of benzene rings is 2. The summed E-state index contributed by atoms with van der Waals surface area (Å²) in [6, 6.07) is 14.2. The molecule has 0 aliphatic carbocycles. The summed E-state index contributed by atoms with van der Waals surface area (Å²) in [7, 11) is 0. The number of carbonyl (C=O) groups is 2. The van der Waals surface area contributed by atoms with Gasteiger partial charge in [-0.3, -0.25) is 9.59 Å². The molecule has 0 bridgehead atoms. The molecule has 5 nitrogen and oxygen atoms in total. The molecule has 2 aromatic carbocycles. The molecule has 0 fully saturated rings. The molecule has 0 heterocycles. The van der Waals surface area contributed by atoms with E-state index in [9.17, 15) is 9.59 Å². The molecule has 0 saturated heterocycles. The Labute approximate surface area is 151 Å². The molecule has 6 heteroatoms. The van der Waals surface area contributed by atoms with Gasteiger partial charge in [-0.1, -0.05) is 23.7 Å². The fourth-order valence-corrected chi connectivity index (χ4v) is 2.11. The lowest BCUT2D eigenvalue weighted by Crippen LogP contribution is -2.26. The van der Waals surface area contributed by atoms with Crippen LogP contribution in [0.3, 0.4) is 0 Å². The van der Waals surface area contributed by atoms with E-state index < -0.39 is 0 Å². The summed E-state index contributed by atoms with van der Waals surface area (Å²) < 4.78 is 5.49. The summed E-state index contributed by atoms with van der Waals surface area (Å²) in [6.07, 6.45) is 3.16. The lowest BCUT2D eigenvalue weighted by Gasteiger charge is -2.06. The molecule has 0 spiro atoms. The van der Waals surface area contributed by atoms with Gasteiger partial charge in [0.1, 0.15) is 12.4 Å². The van der Waals surface area contributed by atoms with Gasteiger partial charge in [0, 0.05) is 23.7 Å². The van der Waals surface area contributed by atoms with Gasteiger partial charge in [0.25, 0.3) is 0 Å². The molecule has 0 radical (unpaired) electrons. The first-order chi connectivity index (χ1) is 12.0. The molecule has 130 valence electrons. The number of ether oxygens (including phenoxy) is 1. The van der Waals surface area contributed by atoms with Crippen molar-refractivity contribution in [2.45, 2.75) is 6.92 Å². The van der Waals surface area contributed by atoms with Crippen LogP contribution < -0.4 is 15.4 Å². The van der Waals surface area contributed by atoms with Crippen LogP contribution in [0.1, 0.15) is 12.5 Å². The largest absolute Gasteiger partial charge is 0.492 e. The second-order valence-electron chi connectivity index (χ2n) is 5.23. The maximum absolute atomic E-state index is 11.8. The van der Waals surface area contributed by atoms with E-state index in [1.165, 1.54) is 13.0 Å². The number of nitrogens with one attached hydrogen (secondary N) is 2. The van der Waals surface area contributed by atoms with Crippen molar-refractivity contribution < 1.29 is 14.3 Å². The Morgan fingerprint density at radius 1 is 1.08 bits per heavy atom. The second-order valence-corrected chi connectivity index (χ2v) is 5.67. The van der Waals surface area contributed by atoms with E-state index in [0.717, 1.165) is 5.56 Å². The summed E-state index contributed by atoms with van der Waals surface area (Å²) in [4.78, 5) is 22.7. The maximum Gasteiger partial charge on any atom is 0.244 e. The van der Waals surface area contributed by atoms with E-state index in [1.807, 2.05) is 12.1 Å². The molecular weight excluding hydrogens is 340 g/mol. The van der Waals surface area contributed by atoms with Gasteiger partial charge in [-0.2, -0.15) is 0 Å². The van der Waals surface area contributed by atoms with Crippen molar-refractivity contribution in [2.24, 2.45) is 0 Å². The van der Waals surface area contributed by atoms with Crippen molar-refractivity contribution in [1.82, 2.24) is 5.32 Å². The number of anilines is 1. The number of hydrogen-bond acceptors (Lipinski definition) is 3. The lowest BCUT2D eigenvalue weighted by molar-refractivity contribution is -0.116. The monoisotopic (exact) mass is 358 g/mol. The highest BCUT2D eigenvalue weighted by molar-refractivity contribution is 6.30. The summed E-state index contributed by atoms with van der Waals surface area (Å²) in [6.45, 7) is 2.22. The van der Waals surface area contributed by atoms with E-state index in [4.69, 9.17) is 16.3 Å². The van der Waals surface area contributed by atoms with Crippen LogP contribution in [-0.2, 0) is 9.59 Å². The minimum absolute atomic E-state index is 0.122. The van der Waals surface area contributed by atoms with Crippen LogP contribution in [0.15, 0.2) is 54.6 Å². The van der Waals surface area contributed by atoms with E-state index in [1.54, 1.807) is 42.5 Å². The van der Waals surface area contributed by atoms with Crippen molar-refractivity contribution in [3.05, 3.63) is 65.2 Å². The molecule has 0 unspecified atom stereocenters. The molecule has 25 heavy (non-hydrogen) atoms. The first kappa shape index (κ1) is 18.5. The number of amides is 2. The van der Waals surface area contributed by atoms with Gasteiger partial charge in [-0.15, -0.1) is 0 Å². The molecule has 2 N–H and O–H groups in total. The highest BCUT2D eigenvalue weighted by Gasteiger charge is 1.98. The molecule has 0 saturated carbocycles. The normalized spacial score (nSPS) is 10.5. The Kier molecular flexibility index (Phi) is 7.04. The highest BCUT2D eigenvalue weighted by Crippen LogP contribution is 2.15. The highest BCUT2D eigenvalue weighted by atomic mass is 35.5. The van der Waals surface area contributed by atoms with Gasteiger partial charge in [-0.05, 0) is 48.0 Å². The minimum atomic E-state index is -0.203. The van der Waals surface area contributed by atoms with E-state index in [2.05, 4.69) is 10.6 Å². The quantitative estimate of drug-likeness (QED) is 0.588. The average molecular weight is 359 g/mol. The number of hydrogen-bond donors (Lipinski definition) is 2. The van der Waals surface area contributed by atoms with Crippen LogP contribution in [0, 0.1) is 0 Å². The fraction of sp³-hybridized carbons (Fsp3) is 0.158. The van der Waals surface area contributed by atoms with Gasteiger partial charge in [-0.25, -0.2) is 0 Å². The molecule has 0 aromatic heterocycles. The molecule has 0 aliphatic rings. The van der Waals surface area contributed by atoms with Crippen LogP contribution in [0.4, 0.5) is 5.69 Å². The predicted molar refractivity (Wildman–Crippen MR) is 99.7 cm³/mol. The maximum atomic E-state index is 11.8. The molecule has 0 atom stereocenters. The second kappa shape index (κ2) is 9.49. The third-order valence-corrected chi connectivity index (χ3v) is 3.39. The average Bonchev–Trinajstić information content (AvgIpc) is 2.59. The van der Waals surface area contributed by atoms with E-state index in [0.29, 0.717) is 29.6 Å². The van der Waals surface area contributed by atoms with E-state index in [-0.39, 0.29) is 11.8 Å². The number of rotatable bonds is 7. The molecule has 0 aliphatic heterocycles. The topological polar surface area (TPSA) is 67.4 Å². The predicted octanol–water partition coefficient (Wildman–Crippen LogP) is 3.51. The SMILES string of the molecule is CC(=O)Nc1ccc(/C=C/C(=O)NCCOc2ccc(Cl)cc2)cc1. The standard InChI is InChI=1S/C19H19ClN2O3/c1-14(23)22-17-7-2-15(3-8-17)4-11-19(24)21-12-13-25-18-9-5-16(20)6-10-18/h2-11H,12-13H2,1H3,(H,21,24)(H,22,23)/b11-4+. The molecule has 2 aromatic rings. The Balaban J connectivity index is 1.71. The first-order valence-electron chi connectivity index (χ1n) is 7.75. The molecular formula is C19H19ClN2O3. The Morgan fingerprint density at radius 2 is 1.76 bits per heavy atom. The van der Waals surface area contributed by atoms with Crippen LogP contribution in [0.2, 0.25) is 5.02 Å². The number of carbonyl (C=O) groups excluding carboxylic acids is 2. The van der Waals surface area contributed by atoms with Crippen molar-refractivity contribution >= 4 is 35.2 Å². The summed E-state index contributed by atoms with van der Waals surface area (Å²) in [5.41, 5.74) is 1.58. The third kappa shape index (κ3) is 7.10. The Bertz CT molecular complexity index is 740. The Hall–Kier alpha value is -2.79. The van der Waals surface area contributed by atoms with Crippen molar-refractivity contribution in [1.29, 1.82) is 0 Å². The minimum Gasteiger partial charge on any atom is -0.492 e. The molecule has 2 amide bonds. The number of halogens is 1. The Morgan fingerprint density at radius 3 is 2.40 bits per heavy atom. The smallest absolute Gasteiger partial charge is 0.244 e. The van der Waals surface area contributed by atoms with Gasteiger partial charge in [0.15, 0.2) is 0 Å². The van der Waals surface area contributed by atoms with Crippen molar-refractivity contribution in [3.8, 4) is 5.75 Å². The van der Waals surface area contributed by atoms with Gasteiger partial charge < -0.3 is 15.4 Å². The van der Waals surface area contributed by atoms with Crippen LogP contribution >= 0.6 is 11.6 Å². The van der Waals surface area contributed by atoms with Gasteiger partial charge in [0.05, 0.1) is 6.54 Å². The summed E-state index contributed by atoms with van der Waals surface area (Å²) in [5, 5.41) is 6.07. The zero-order valence-electron chi connectivity index (χ0n) is 13.8. The van der Waals surface area contributed by atoms with Crippen molar-refractivity contribution in [3.63, 3.8) is 0 Å². The zero-order valence-corrected chi connectivity index (χ0v) is 14.5. The van der Waals surface area contributed by atoms with Crippen LogP contribution in [0.25, 0.3) is 6.08 Å². The van der Waals surface area contributed by atoms with Gasteiger partial charge >= 0.3 is 0 Å². The summed E-state index contributed by atoms with van der Waals surface area (Å²) in [5.74, 6) is 0.377. The first-order valence-corrected chi connectivity index (χ1v) is 8.12. The van der Waals surface area contributed by atoms with Gasteiger partial charge in [0.2, 0.25) is 11.8 Å². The zero-order chi connectivity index (χ0) is 18.1. The lowest BCUT2D eigenvalue weighted by atomic mass is 10.2. The fourth-order valence-electron chi connectivity index (χ4n) is 1.99. The van der Waals surface area contributed by atoms with E-state index >= 15 is 0 Å². The van der Waals surface area contributed by atoms with Crippen LogP contribution in [0.5, 0.6) is 5.75 Å². The summed E-state index contributed by atoms with van der Waals surface area (Å²) >= 11 is 5.79. The molecule has 2 rings (SSSR count). The third-order valence-electron chi connectivity index (χ3n) is 3.14.